The largest absolute Gasteiger partial charge is 0.470 e. The Morgan fingerprint density at radius 3 is 2.36 bits per heavy atom. The van der Waals surface area contributed by atoms with E-state index in [2.05, 4.69) is 12.2 Å². The third-order valence-corrected chi connectivity index (χ3v) is 5.03. The molecule has 0 heterocycles. The third kappa shape index (κ3) is 8.93. The van der Waals surface area contributed by atoms with E-state index in [9.17, 15) is 14.4 Å². The molecule has 0 saturated carbocycles. The van der Waals surface area contributed by atoms with E-state index >= 15 is 0 Å². The number of thiocarbonyl (C=S) groups is 1. The molecule has 142 valence electrons. The molecule has 0 amide bonds. The Bertz CT molecular complexity index is 574. The Kier molecular flexibility index (Phi) is 9.25. The number of phosphoric ester groups is 1. The number of hydrogen-bond acceptors (Lipinski definition) is 3. The predicted molar refractivity (Wildman–Crippen MR) is 106 cm³/mol. The fourth-order valence-corrected chi connectivity index (χ4v) is 3.77. The Hall–Kier alpha value is -0.780. The van der Waals surface area contributed by atoms with Crippen molar-refractivity contribution in [1.82, 2.24) is 5.32 Å². The van der Waals surface area contributed by atoms with Gasteiger partial charge in [-0.2, -0.15) is 0 Å². The summed E-state index contributed by atoms with van der Waals surface area (Å²) in [6.07, 6.45) is 6.53. The summed E-state index contributed by atoms with van der Waals surface area (Å²) in [7, 11) is -4.62. The molecule has 0 radical (unpaired) electrons. The highest BCUT2D eigenvalue weighted by Crippen LogP contribution is 2.45. The molecule has 0 fully saturated rings. The first-order valence-corrected chi connectivity index (χ1v) is 10.7. The highest BCUT2D eigenvalue weighted by molar-refractivity contribution is 7.80. The summed E-state index contributed by atoms with van der Waals surface area (Å²) in [6, 6.07) is 8.99. The van der Waals surface area contributed by atoms with Gasteiger partial charge in [0.05, 0.1) is 16.6 Å². The lowest BCUT2D eigenvalue weighted by Gasteiger charge is -2.35. The van der Waals surface area contributed by atoms with Crippen LogP contribution in [0.4, 0.5) is 0 Å². The maximum Gasteiger partial charge on any atom is 0.470 e. The van der Waals surface area contributed by atoms with Crippen LogP contribution < -0.4 is 5.32 Å². The van der Waals surface area contributed by atoms with Crippen LogP contribution in [0.2, 0.25) is 0 Å². The second-order valence-corrected chi connectivity index (χ2v) is 8.42. The van der Waals surface area contributed by atoms with Crippen molar-refractivity contribution in [2.45, 2.75) is 70.9 Å². The molecule has 1 rings (SSSR count). The van der Waals surface area contributed by atoms with Crippen LogP contribution in [0, 0.1) is 0 Å². The molecule has 0 bridgehead atoms. The summed E-state index contributed by atoms with van der Waals surface area (Å²) in [5.41, 5.74) is -0.263. The maximum atomic E-state index is 11.4. The Balaban J connectivity index is 2.79. The number of unbranched alkanes of at least 4 members (excludes halogenated alkanes) is 4. The van der Waals surface area contributed by atoms with Crippen LogP contribution >= 0.6 is 20.0 Å². The molecule has 1 unspecified atom stereocenters. The van der Waals surface area contributed by atoms with Crippen molar-refractivity contribution in [3.8, 4) is 0 Å². The lowest BCUT2D eigenvalue weighted by atomic mass is 9.91. The molecular weight excluding hydrogens is 357 g/mol. The zero-order valence-corrected chi connectivity index (χ0v) is 17.0. The zero-order valence-electron chi connectivity index (χ0n) is 15.3. The van der Waals surface area contributed by atoms with E-state index < -0.39 is 19.5 Å². The molecular formula is C18H30NO4PS. The predicted octanol–water partition coefficient (Wildman–Crippen LogP) is 4.89. The van der Waals surface area contributed by atoms with E-state index in [-0.39, 0.29) is 0 Å². The molecule has 25 heavy (non-hydrogen) atoms. The molecule has 1 aromatic rings. The second-order valence-electron chi connectivity index (χ2n) is 6.76. The first-order valence-electron chi connectivity index (χ1n) is 8.76. The number of nitrogens with one attached hydrogen (secondary N) is 1. The third-order valence-electron chi connectivity index (χ3n) is 4.00. The van der Waals surface area contributed by atoms with Crippen LogP contribution in [0.15, 0.2) is 30.3 Å². The fraction of sp³-hybridized carbons (Fsp3) is 0.611. The molecule has 0 aromatic heterocycles. The Morgan fingerprint density at radius 2 is 1.80 bits per heavy atom. The number of rotatable bonds is 11. The molecule has 0 aliphatic heterocycles. The summed E-state index contributed by atoms with van der Waals surface area (Å²) < 4.78 is 16.4. The lowest BCUT2D eigenvalue weighted by Crippen LogP contribution is -2.43. The van der Waals surface area contributed by atoms with Crippen LogP contribution in [0.1, 0.15) is 70.9 Å². The van der Waals surface area contributed by atoms with E-state index in [0.29, 0.717) is 4.99 Å². The molecule has 0 aliphatic carbocycles. The normalized spacial score (nSPS) is 13.5. The van der Waals surface area contributed by atoms with E-state index in [1.807, 2.05) is 30.3 Å². The van der Waals surface area contributed by atoms with Crippen molar-refractivity contribution in [1.29, 1.82) is 0 Å². The average molecular weight is 387 g/mol. The molecule has 3 N–H and O–H groups in total. The van der Waals surface area contributed by atoms with Crippen molar-refractivity contribution >= 4 is 25.0 Å². The number of phosphoric acid groups is 1. The zero-order chi connectivity index (χ0) is 18.9. The standard InChI is InChI=1S/C18H30NO4PS/c1-4-5-6-7-11-14-16(25)19-17(15-12-9-8-10-13-15)18(2,3)23-24(20,21)22/h8-10,12-13,17H,4-7,11,14H2,1-3H3,(H,19,25)(H2,20,21,22). The van der Waals surface area contributed by atoms with Crippen LogP contribution in [0.5, 0.6) is 0 Å². The first kappa shape index (κ1) is 22.3. The van der Waals surface area contributed by atoms with Crippen LogP contribution in [0.25, 0.3) is 0 Å². The molecule has 7 heteroatoms. The minimum Gasteiger partial charge on any atom is -0.370 e. The van der Waals surface area contributed by atoms with E-state index in [0.717, 1.165) is 24.8 Å². The summed E-state index contributed by atoms with van der Waals surface area (Å²) in [4.78, 5) is 19.2. The van der Waals surface area contributed by atoms with E-state index in [1.54, 1.807) is 13.8 Å². The topological polar surface area (TPSA) is 78.8 Å². The molecule has 5 nitrogen and oxygen atoms in total. The minimum absolute atomic E-state index is 0.454. The van der Waals surface area contributed by atoms with E-state index in [1.165, 1.54) is 19.3 Å². The molecule has 1 aromatic carbocycles. The number of hydrogen-bond donors (Lipinski definition) is 3. The maximum absolute atomic E-state index is 11.4. The van der Waals surface area contributed by atoms with Gasteiger partial charge in [0.15, 0.2) is 0 Å². The van der Waals surface area contributed by atoms with Gasteiger partial charge in [0.1, 0.15) is 0 Å². The van der Waals surface area contributed by atoms with Gasteiger partial charge >= 0.3 is 7.82 Å². The summed E-state index contributed by atoms with van der Waals surface area (Å²) in [5, 5.41) is 3.25. The Morgan fingerprint density at radius 1 is 1.20 bits per heavy atom. The fourth-order valence-electron chi connectivity index (χ4n) is 2.79. The lowest BCUT2D eigenvalue weighted by molar-refractivity contribution is 0.0367. The summed E-state index contributed by atoms with van der Waals surface area (Å²) in [5.74, 6) is 0. The van der Waals surface area contributed by atoms with Gasteiger partial charge in [0.2, 0.25) is 0 Å². The van der Waals surface area contributed by atoms with Gasteiger partial charge in [-0.05, 0) is 32.3 Å². The van der Waals surface area contributed by atoms with Gasteiger partial charge in [-0.25, -0.2) is 4.57 Å². The minimum atomic E-state index is -4.62. The SMILES string of the molecule is CCCCCCCC(=S)NC(c1ccccc1)C(C)(C)OP(=O)(O)O. The van der Waals surface area contributed by atoms with Crippen molar-refractivity contribution in [2.24, 2.45) is 0 Å². The van der Waals surface area contributed by atoms with Crippen molar-refractivity contribution < 1.29 is 18.9 Å². The smallest absolute Gasteiger partial charge is 0.370 e. The van der Waals surface area contributed by atoms with Gasteiger partial charge in [-0.15, -0.1) is 0 Å². The second kappa shape index (κ2) is 10.4. The summed E-state index contributed by atoms with van der Waals surface area (Å²) >= 11 is 5.46. The monoisotopic (exact) mass is 387 g/mol. The molecule has 0 saturated heterocycles. The van der Waals surface area contributed by atoms with Gasteiger partial charge in [0, 0.05) is 0 Å². The highest BCUT2D eigenvalue weighted by atomic mass is 32.1. The number of benzene rings is 1. The van der Waals surface area contributed by atoms with Crippen molar-refractivity contribution in [2.75, 3.05) is 0 Å². The van der Waals surface area contributed by atoms with Gasteiger partial charge in [-0.1, -0.05) is 75.2 Å². The molecule has 1 atom stereocenters. The van der Waals surface area contributed by atoms with Crippen molar-refractivity contribution in [3.05, 3.63) is 35.9 Å². The quantitative estimate of drug-likeness (QED) is 0.285. The highest BCUT2D eigenvalue weighted by Gasteiger charge is 2.38. The van der Waals surface area contributed by atoms with Crippen molar-refractivity contribution in [3.63, 3.8) is 0 Å². The molecule has 0 aliphatic rings. The van der Waals surface area contributed by atoms with Crippen LogP contribution in [-0.4, -0.2) is 20.4 Å². The summed E-state index contributed by atoms with van der Waals surface area (Å²) in [6.45, 7) is 5.49. The van der Waals surface area contributed by atoms with E-state index in [4.69, 9.17) is 16.7 Å². The van der Waals surface area contributed by atoms with Gasteiger partial charge in [0.25, 0.3) is 0 Å². The molecule has 0 spiro atoms. The van der Waals surface area contributed by atoms with Crippen LogP contribution in [-0.2, 0) is 9.09 Å². The average Bonchev–Trinajstić information content (AvgIpc) is 2.51. The Labute approximate surface area is 156 Å². The first-order chi connectivity index (χ1) is 11.7. The van der Waals surface area contributed by atoms with Gasteiger partial charge in [-0.3, -0.25) is 4.52 Å². The van der Waals surface area contributed by atoms with Crippen LogP contribution in [0.3, 0.4) is 0 Å². The van der Waals surface area contributed by atoms with Gasteiger partial charge < -0.3 is 15.1 Å².